The Morgan fingerprint density at radius 1 is 1.09 bits per heavy atom. The van der Waals surface area contributed by atoms with E-state index < -0.39 is 9.84 Å². The molecule has 1 aromatic heterocycles. The lowest BCUT2D eigenvalue weighted by atomic mass is 10.1. The standard InChI is InChI=1S/C25H31N3O4S/c1-19(2)28-23(17-27(14-15-32-4)24(29)21-11-6-5-7-12-21)16-26-25(28)33(30,31)18-22-13-9-8-10-20(22)3/h5-13,16,19H,14-15,17-18H2,1-4H3. The quantitative estimate of drug-likeness (QED) is 0.448. The van der Waals surface area contributed by atoms with E-state index in [2.05, 4.69) is 4.98 Å². The van der Waals surface area contributed by atoms with Crippen LogP contribution in [0.15, 0.2) is 66.0 Å². The van der Waals surface area contributed by atoms with Gasteiger partial charge in [0.1, 0.15) is 0 Å². The Bertz CT molecular complexity index is 1190. The molecule has 0 radical (unpaired) electrons. The lowest BCUT2D eigenvalue weighted by molar-refractivity contribution is 0.0674. The highest BCUT2D eigenvalue weighted by atomic mass is 32.2. The summed E-state index contributed by atoms with van der Waals surface area (Å²) < 4.78 is 33.6. The van der Waals surface area contributed by atoms with E-state index in [9.17, 15) is 13.2 Å². The summed E-state index contributed by atoms with van der Waals surface area (Å²) in [6.07, 6.45) is 1.56. The Morgan fingerprint density at radius 3 is 2.39 bits per heavy atom. The Labute approximate surface area is 195 Å². The van der Waals surface area contributed by atoms with Crippen LogP contribution in [0.25, 0.3) is 0 Å². The van der Waals surface area contributed by atoms with E-state index in [0.29, 0.717) is 24.4 Å². The topological polar surface area (TPSA) is 81.5 Å². The Balaban J connectivity index is 1.94. The zero-order valence-electron chi connectivity index (χ0n) is 19.6. The molecule has 176 valence electrons. The van der Waals surface area contributed by atoms with Gasteiger partial charge in [-0.15, -0.1) is 0 Å². The summed E-state index contributed by atoms with van der Waals surface area (Å²) in [6, 6.07) is 16.3. The van der Waals surface area contributed by atoms with Gasteiger partial charge in [-0.1, -0.05) is 42.5 Å². The lowest BCUT2D eigenvalue weighted by Crippen LogP contribution is -2.34. The molecule has 0 N–H and O–H groups in total. The molecule has 0 aliphatic carbocycles. The first-order valence-corrected chi connectivity index (χ1v) is 12.6. The molecule has 1 heterocycles. The molecule has 0 fully saturated rings. The van der Waals surface area contributed by atoms with Crippen molar-refractivity contribution in [2.45, 2.75) is 44.3 Å². The number of amides is 1. The minimum atomic E-state index is -3.69. The molecule has 3 rings (SSSR count). The van der Waals surface area contributed by atoms with Crippen molar-refractivity contribution < 1.29 is 17.9 Å². The number of sulfone groups is 1. The van der Waals surface area contributed by atoms with Gasteiger partial charge >= 0.3 is 0 Å². The maximum absolute atomic E-state index is 13.3. The van der Waals surface area contributed by atoms with Gasteiger partial charge in [0.2, 0.25) is 15.0 Å². The number of imidazole rings is 1. The summed E-state index contributed by atoms with van der Waals surface area (Å²) in [5.41, 5.74) is 2.90. The summed E-state index contributed by atoms with van der Waals surface area (Å²) >= 11 is 0. The first kappa shape index (κ1) is 24.7. The van der Waals surface area contributed by atoms with E-state index in [0.717, 1.165) is 11.1 Å². The maximum Gasteiger partial charge on any atom is 0.254 e. The lowest BCUT2D eigenvalue weighted by Gasteiger charge is -2.24. The number of carbonyl (C=O) groups excluding carboxylic acids is 1. The maximum atomic E-state index is 13.3. The number of carbonyl (C=O) groups is 1. The number of aromatic nitrogens is 2. The average Bonchev–Trinajstić information content (AvgIpc) is 3.23. The zero-order chi connectivity index (χ0) is 24.0. The van der Waals surface area contributed by atoms with Crippen molar-refractivity contribution in [2.75, 3.05) is 20.3 Å². The van der Waals surface area contributed by atoms with Crippen LogP contribution in [-0.4, -0.2) is 49.0 Å². The van der Waals surface area contributed by atoms with Gasteiger partial charge in [-0.25, -0.2) is 13.4 Å². The molecule has 8 heteroatoms. The monoisotopic (exact) mass is 469 g/mol. The van der Waals surface area contributed by atoms with Crippen molar-refractivity contribution in [2.24, 2.45) is 0 Å². The van der Waals surface area contributed by atoms with Crippen LogP contribution >= 0.6 is 0 Å². The molecule has 0 unspecified atom stereocenters. The Morgan fingerprint density at radius 2 is 1.76 bits per heavy atom. The molecular weight excluding hydrogens is 438 g/mol. The number of ether oxygens (including phenoxy) is 1. The number of hydrogen-bond donors (Lipinski definition) is 0. The highest BCUT2D eigenvalue weighted by Crippen LogP contribution is 2.24. The molecule has 0 aliphatic heterocycles. The van der Waals surface area contributed by atoms with Crippen molar-refractivity contribution in [1.29, 1.82) is 0 Å². The fourth-order valence-corrected chi connectivity index (χ4v) is 5.43. The molecule has 0 saturated carbocycles. The second-order valence-corrected chi connectivity index (χ2v) is 10.2. The fourth-order valence-electron chi connectivity index (χ4n) is 3.73. The van der Waals surface area contributed by atoms with Gasteiger partial charge in [0.05, 0.1) is 30.8 Å². The van der Waals surface area contributed by atoms with Crippen LogP contribution in [0, 0.1) is 6.92 Å². The predicted molar refractivity (Wildman–Crippen MR) is 128 cm³/mol. The number of rotatable bonds is 10. The van der Waals surface area contributed by atoms with E-state index in [4.69, 9.17) is 4.74 Å². The molecule has 0 saturated heterocycles. The number of aryl methyl sites for hydroxylation is 1. The van der Waals surface area contributed by atoms with Crippen LogP contribution in [0.1, 0.15) is 47.1 Å². The van der Waals surface area contributed by atoms with E-state index in [-0.39, 0.29) is 29.4 Å². The van der Waals surface area contributed by atoms with Gasteiger partial charge in [-0.2, -0.15) is 0 Å². The third kappa shape index (κ3) is 5.89. The van der Waals surface area contributed by atoms with Crippen LogP contribution in [0.2, 0.25) is 0 Å². The van der Waals surface area contributed by atoms with Crippen molar-refractivity contribution in [3.8, 4) is 0 Å². The molecule has 33 heavy (non-hydrogen) atoms. The highest BCUT2D eigenvalue weighted by Gasteiger charge is 2.27. The first-order chi connectivity index (χ1) is 15.7. The van der Waals surface area contributed by atoms with Crippen molar-refractivity contribution >= 4 is 15.7 Å². The number of hydrogen-bond acceptors (Lipinski definition) is 5. The third-order valence-electron chi connectivity index (χ3n) is 5.47. The van der Waals surface area contributed by atoms with E-state index in [1.165, 1.54) is 0 Å². The highest BCUT2D eigenvalue weighted by molar-refractivity contribution is 7.90. The SMILES string of the molecule is COCCN(Cc1cnc(S(=O)(=O)Cc2ccccc2C)n1C(C)C)C(=O)c1ccccc1. The summed E-state index contributed by atoms with van der Waals surface area (Å²) in [5.74, 6) is -0.271. The van der Waals surface area contributed by atoms with Gasteiger partial charge in [0.15, 0.2) is 0 Å². The van der Waals surface area contributed by atoms with Crippen LogP contribution in [0.5, 0.6) is 0 Å². The fraction of sp³-hybridized carbons (Fsp3) is 0.360. The molecule has 2 aromatic carbocycles. The molecule has 7 nitrogen and oxygen atoms in total. The van der Waals surface area contributed by atoms with Gasteiger partial charge in [-0.3, -0.25) is 4.79 Å². The van der Waals surface area contributed by atoms with Gasteiger partial charge in [0.25, 0.3) is 5.91 Å². The first-order valence-electron chi connectivity index (χ1n) is 10.9. The van der Waals surface area contributed by atoms with Crippen molar-refractivity contribution in [3.63, 3.8) is 0 Å². The number of nitrogens with zero attached hydrogens (tertiary/aromatic N) is 3. The summed E-state index contributed by atoms with van der Waals surface area (Å²) in [5, 5.41) is 0.0228. The van der Waals surface area contributed by atoms with Gasteiger partial charge < -0.3 is 14.2 Å². The van der Waals surface area contributed by atoms with E-state index >= 15 is 0 Å². The Hall–Kier alpha value is -2.97. The smallest absolute Gasteiger partial charge is 0.254 e. The molecule has 3 aromatic rings. The minimum Gasteiger partial charge on any atom is -0.383 e. The second kappa shape index (κ2) is 10.8. The molecule has 0 bridgehead atoms. The van der Waals surface area contributed by atoms with Crippen LogP contribution in [0.4, 0.5) is 0 Å². The summed E-state index contributed by atoms with van der Waals surface area (Å²) in [4.78, 5) is 19.1. The van der Waals surface area contributed by atoms with Gasteiger partial charge in [0, 0.05) is 25.3 Å². The summed E-state index contributed by atoms with van der Waals surface area (Å²) in [7, 11) is -2.11. The van der Waals surface area contributed by atoms with Crippen LogP contribution in [-0.2, 0) is 26.9 Å². The minimum absolute atomic E-state index is 0.0228. The molecular formula is C25H31N3O4S. The molecule has 0 atom stereocenters. The molecule has 0 spiro atoms. The third-order valence-corrected chi connectivity index (χ3v) is 7.02. The van der Waals surface area contributed by atoms with Gasteiger partial charge in [-0.05, 0) is 44.0 Å². The molecule has 0 aliphatic rings. The normalized spacial score (nSPS) is 11.7. The average molecular weight is 470 g/mol. The summed E-state index contributed by atoms with van der Waals surface area (Å²) in [6.45, 7) is 6.69. The zero-order valence-corrected chi connectivity index (χ0v) is 20.4. The second-order valence-electron chi connectivity index (χ2n) is 8.27. The van der Waals surface area contributed by atoms with E-state index in [1.54, 1.807) is 34.9 Å². The van der Waals surface area contributed by atoms with Crippen molar-refractivity contribution in [1.82, 2.24) is 14.5 Å². The largest absolute Gasteiger partial charge is 0.383 e. The van der Waals surface area contributed by atoms with Crippen molar-refractivity contribution in [3.05, 3.63) is 83.2 Å². The van der Waals surface area contributed by atoms with Crippen LogP contribution < -0.4 is 0 Å². The molecule has 1 amide bonds. The van der Waals surface area contributed by atoms with Crippen LogP contribution in [0.3, 0.4) is 0 Å². The van der Waals surface area contributed by atoms with E-state index in [1.807, 2.05) is 63.2 Å². The Kier molecular flexibility index (Phi) is 8.05. The number of benzene rings is 2. The predicted octanol–water partition coefficient (Wildman–Crippen LogP) is 4.04. The number of methoxy groups -OCH3 is 1.